The van der Waals surface area contributed by atoms with E-state index in [2.05, 4.69) is 10.0 Å². The van der Waals surface area contributed by atoms with E-state index in [0.717, 1.165) is 25.7 Å². The van der Waals surface area contributed by atoms with Crippen molar-refractivity contribution in [2.24, 2.45) is 10.8 Å². The van der Waals surface area contributed by atoms with Crippen molar-refractivity contribution < 1.29 is 0 Å². The van der Waals surface area contributed by atoms with Crippen LogP contribution in [0.15, 0.2) is 5.11 Å². The second-order valence-electron chi connectivity index (χ2n) is 2.77. The Morgan fingerprint density at radius 2 is 1.90 bits per heavy atom. The van der Waals surface area contributed by atoms with E-state index in [4.69, 9.17) is 11.3 Å². The maximum Gasteiger partial charge on any atom is 0.0375 e. The third-order valence-corrected chi connectivity index (χ3v) is 1.96. The van der Waals surface area contributed by atoms with Crippen molar-refractivity contribution in [2.75, 3.05) is 0 Å². The fraction of sp³-hybridized carbons (Fsp3) is 1.00. The molecule has 2 N–H and O–H groups in total. The van der Waals surface area contributed by atoms with Gasteiger partial charge in [0.05, 0.1) is 0 Å². The standard InChI is InChI=1S/C6H12N4/c7-5-1-3-6(4-2-5)9-10-8/h5-6H,1-4,7H2. The molecule has 4 nitrogen and oxygen atoms in total. The SMILES string of the molecule is [N-]=[N+]=NC1CCC(N)CC1. The fourth-order valence-corrected chi connectivity index (χ4v) is 1.29. The molecule has 0 aromatic carbocycles. The van der Waals surface area contributed by atoms with Crippen molar-refractivity contribution in [3.05, 3.63) is 10.4 Å². The first kappa shape index (κ1) is 7.38. The molecular weight excluding hydrogens is 128 g/mol. The van der Waals surface area contributed by atoms with Gasteiger partial charge in [-0.25, -0.2) is 0 Å². The van der Waals surface area contributed by atoms with E-state index in [1.165, 1.54) is 0 Å². The van der Waals surface area contributed by atoms with Crippen LogP contribution in [0.1, 0.15) is 25.7 Å². The molecule has 0 aliphatic heterocycles. The summed E-state index contributed by atoms with van der Waals surface area (Å²) in [5.41, 5.74) is 13.8. The Morgan fingerprint density at radius 3 is 2.40 bits per heavy atom. The molecule has 0 bridgehead atoms. The summed E-state index contributed by atoms with van der Waals surface area (Å²) in [6.07, 6.45) is 3.93. The minimum Gasteiger partial charge on any atom is -0.328 e. The molecule has 1 aliphatic carbocycles. The van der Waals surface area contributed by atoms with Gasteiger partial charge in [0.25, 0.3) is 0 Å². The lowest BCUT2D eigenvalue weighted by atomic mass is 9.92. The zero-order valence-electron chi connectivity index (χ0n) is 5.90. The fourth-order valence-electron chi connectivity index (χ4n) is 1.29. The van der Waals surface area contributed by atoms with Crippen LogP contribution in [0.4, 0.5) is 0 Å². The summed E-state index contributed by atoms with van der Waals surface area (Å²) in [5.74, 6) is 0. The van der Waals surface area contributed by atoms with Gasteiger partial charge < -0.3 is 5.73 Å². The van der Waals surface area contributed by atoms with Gasteiger partial charge in [0.2, 0.25) is 0 Å². The highest BCUT2D eigenvalue weighted by atomic mass is 15.1. The van der Waals surface area contributed by atoms with Gasteiger partial charge in [0, 0.05) is 17.0 Å². The highest BCUT2D eigenvalue weighted by molar-refractivity contribution is 4.78. The quantitative estimate of drug-likeness (QED) is 0.335. The number of hydrogen-bond acceptors (Lipinski definition) is 2. The summed E-state index contributed by atoms with van der Waals surface area (Å²) >= 11 is 0. The lowest BCUT2D eigenvalue weighted by molar-refractivity contribution is 0.394. The Bertz CT molecular complexity index is 142. The maximum atomic E-state index is 8.11. The molecule has 0 aromatic heterocycles. The van der Waals surface area contributed by atoms with E-state index in [0.29, 0.717) is 6.04 Å². The first-order valence-electron chi connectivity index (χ1n) is 3.62. The summed E-state index contributed by atoms with van der Waals surface area (Å²) in [5, 5.41) is 3.64. The lowest BCUT2D eigenvalue weighted by Gasteiger charge is -2.21. The van der Waals surface area contributed by atoms with Gasteiger partial charge in [-0.1, -0.05) is 5.11 Å². The molecule has 0 amide bonds. The van der Waals surface area contributed by atoms with Gasteiger partial charge >= 0.3 is 0 Å². The molecule has 56 valence electrons. The van der Waals surface area contributed by atoms with Crippen molar-refractivity contribution in [3.63, 3.8) is 0 Å². The zero-order valence-corrected chi connectivity index (χ0v) is 5.90. The van der Waals surface area contributed by atoms with Gasteiger partial charge in [-0.2, -0.15) is 0 Å². The highest BCUT2D eigenvalue weighted by Crippen LogP contribution is 2.19. The predicted molar refractivity (Wildman–Crippen MR) is 39.4 cm³/mol. The Morgan fingerprint density at radius 1 is 1.30 bits per heavy atom. The smallest absolute Gasteiger partial charge is 0.0375 e. The van der Waals surface area contributed by atoms with Gasteiger partial charge in [-0.05, 0) is 31.2 Å². The molecule has 1 aliphatic rings. The van der Waals surface area contributed by atoms with Gasteiger partial charge in [0.15, 0.2) is 0 Å². The highest BCUT2D eigenvalue weighted by Gasteiger charge is 2.16. The van der Waals surface area contributed by atoms with Gasteiger partial charge in [-0.15, -0.1) is 0 Å². The molecule has 0 heterocycles. The minimum atomic E-state index is 0.213. The van der Waals surface area contributed by atoms with Crippen LogP contribution in [0.2, 0.25) is 0 Å². The van der Waals surface area contributed by atoms with E-state index >= 15 is 0 Å². The Labute approximate surface area is 60.0 Å². The van der Waals surface area contributed by atoms with Crippen molar-refractivity contribution in [2.45, 2.75) is 37.8 Å². The van der Waals surface area contributed by atoms with E-state index in [1.54, 1.807) is 0 Å². The monoisotopic (exact) mass is 140 g/mol. The minimum absolute atomic E-state index is 0.213. The summed E-state index contributed by atoms with van der Waals surface area (Å²) in [7, 11) is 0. The molecule has 0 radical (unpaired) electrons. The molecule has 4 heteroatoms. The Hall–Kier alpha value is -0.730. The third-order valence-electron chi connectivity index (χ3n) is 1.96. The van der Waals surface area contributed by atoms with Crippen LogP contribution in [0.25, 0.3) is 10.4 Å². The molecule has 0 atom stereocenters. The Kier molecular flexibility index (Phi) is 2.54. The normalized spacial score (nSPS) is 32.9. The van der Waals surface area contributed by atoms with Crippen molar-refractivity contribution in [1.82, 2.24) is 0 Å². The summed E-state index contributed by atoms with van der Waals surface area (Å²) in [6, 6.07) is 0.551. The number of azide groups is 1. The lowest BCUT2D eigenvalue weighted by Crippen LogP contribution is -2.27. The van der Waals surface area contributed by atoms with Crippen LogP contribution < -0.4 is 5.73 Å². The topological polar surface area (TPSA) is 74.8 Å². The molecule has 0 spiro atoms. The molecule has 0 aromatic rings. The third kappa shape index (κ3) is 1.90. The number of nitrogens with two attached hydrogens (primary N) is 1. The van der Waals surface area contributed by atoms with E-state index in [1.807, 2.05) is 0 Å². The molecule has 10 heavy (non-hydrogen) atoms. The number of rotatable bonds is 1. The first-order valence-corrected chi connectivity index (χ1v) is 3.62. The second-order valence-corrected chi connectivity index (χ2v) is 2.77. The largest absolute Gasteiger partial charge is 0.328 e. The van der Waals surface area contributed by atoms with Crippen molar-refractivity contribution in [3.8, 4) is 0 Å². The van der Waals surface area contributed by atoms with Crippen LogP contribution in [0, 0.1) is 0 Å². The van der Waals surface area contributed by atoms with Crippen LogP contribution in [0.5, 0.6) is 0 Å². The van der Waals surface area contributed by atoms with Crippen molar-refractivity contribution in [1.29, 1.82) is 0 Å². The average molecular weight is 140 g/mol. The predicted octanol–water partition coefficient (Wildman–Crippen LogP) is 1.57. The van der Waals surface area contributed by atoms with Gasteiger partial charge in [-0.3, -0.25) is 0 Å². The van der Waals surface area contributed by atoms with E-state index in [9.17, 15) is 0 Å². The van der Waals surface area contributed by atoms with E-state index < -0.39 is 0 Å². The van der Waals surface area contributed by atoms with Crippen LogP contribution in [-0.4, -0.2) is 12.1 Å². The van der Waals surface area contributed by atoms with E-state index in [-0.39, 0.29) is 6.04 Å². The molecule has 0 unspecified atom stereocenters. The summed E-state index contributed by atoms with van der Waals surface area (Å²) in [4.78, 5) is 2.77. The summed E-state index contributed by atoms with van der Waals surface area (Å²) in [6.45, 7) is 0. The Balaban J connectivity index is 2.32. The molecular formula is C6H12N4. The van der Waals surface area contributed by atoms with Crippen LogP contribution in [-0.2, 0) is 0 Å². The summed E-state index contributed by atoms with van der Waals surface area (Å²) < 4.78 is 0. The van der Waals surface area contributed by atoms with Crippen LogP contribution in [0.3, 0.4) is 0 Å². The zero-order chi connectivity index (χ0) is 7.40. The molecule has 1 rings (SSSR count). The number of nitrogens with zero attached hydrogens (tertiary/aromatic N) is 3. The molecule has 1 saturated carbocycles. The average Bonchev–Trinajstić information content (AvgIpc) is 1.95. The molecule has 1 fully saturated rings. The number of hydrogen-bond donors (Lipinski definition) is 1. The van der Waals surface area contributed by atoms with Gasteiger partial charge in [0.1, 0.15) is 0 Å². The second kappa shape index (κ2) is 3.44. The van der Waals surface area contributed by atoms with Crippen molar-refractivity contribution >= 4 is 0 Å². The molecule has 0 saturated heterocycles. The maximum absolute atomic E-state index is 8.11. The first-order chi connectivity index (χ1) is 4.83. The van der Waals surface area contributed by atoms with Crippen LogP contribution >= 0.6 is 0 Å².